The lowest BCUT2D eigenvalue weighted by atomic mass is 9.96. The molecule has 2 atom stereocenters. The highest BCUT2D eigenvalue weighted by molar-refractivity contribution is 7.15. The molecule has 0 aromatic carbocycles. The molecule has 2 rings (SSSR count). The van der Waals surface area contributed by atoms with E-state index in [0.717, 1.165) is 5.92 Å². The predicted molar refractivity (Wildman–Crippen MR) is 74.8 cm³/mol. The number of nitrogens with zero attached hydrogens (tertiary/aromatic N) is 2. The van der Waals surface area contributed by atoms with Crippen LogP contribution in [0, 0.1) is 5.92 Å². The number of rotatable bonds is 4. The van der Waals surface area contributed by atoms with Gasteiger partial charge in [-0.15, -0.1) is 11.3 Å². The van der Waals surface area contributed by atoms with E-state index < -0.39 is 0 Å². The second-order valence-corrected chi connectivity index (χ2v) is 5.96. The average molecular weight is 253 g/mol. The van der Waals surface area contributed by atoms with E-state index in [1.807, 2.05) is 24.6 Å². The van der Waals surface area contributed by atoms with Gasteiger partial charge < -0.3 is 10.2 Å². The molecule has 2 heterocycles. The molecule has 3 nitrogen and oxygen atoms in total. The second kappa shape index (κ2) is 5.83. The second-order valence-electron chi connectivity index (χ2n) is 4.92. The molecule has 0 spiro atoms. The van der Waals surface area contributed by atoms with Crippen molar-refractivity contribution in [3.05, 3.63) is 11.1 Å². The number of anilines is 1. The summed E-state index contributed by atoms with van der Waals surface area (Å²) in [7, 11) is 2.00. The Morgan fingerprint density at radius 1 is 1.65 bits per heavy atom. The fraction of sp³-hybridized carbons (Fsp3) is 0.769. The van der Waals surface area contributed by atoms with Crippen LogP contribution in [0.1, 0.15) is 44.0 Å². The van der Waals surface area contributed by atoms with Crippen LogP contribution in [0.3, 0.4) is 0 Å². The predicted octanol–water partition coefficient (Wildman–Crippen LogP) is 3.05. The number of thiazole rings is 1. The molecule has 1 N–H and O–H groups in total. The minimum absolute atomic E-state index is 0.410. The van der Waals surface area contributed by atoms with E-state index in [0.29, 0.717) is 6.04 Å². The summed E-state index contributed by atoms with van der Waals surface area (Å²) in [6, 6.07) is 0.410. The maximum atomic E-state index is 4.58. The van der Waals surface area contributed by atoms with Gasteiger partial charge in [-0.05, 0) is 32.7 Å². The Bertz CT molecular complexity index is 350. The lowest BCUT2D eigenvalue weighted by molar-refractivity contribution is 0.404. The van der Waals surface area contributed by atoms with Gasteiger partial charge in [-0.3, -0.25) is 0 Å². The van der Waals surface area contributed by atoms with E-state index in [9.17, 15) is 0 Å². The van der Waals surface area contributed by atoms with Gasteiger partial charge in [-0.25, -0.2) is 4.98 Å². The summed E-state index contributed by atoms with van der Waals surface area (Å²) in [4.78, 5) is 8.38. The van der Waals surface area contributed by atoms with Crippen molar-refractivity contribution in [3.63, 3.8) is 0 Å². The Morgan fingerprint density at radius 2 is 2.47 bits per heavy atom. The smallest absolute Gasteiger partial charge is 0.185 e. The van der Waals surface area contributed by atoms with Crippen LogP contribution in [-0.2, 0) is 0 Å². The summed E-state index contributed by atoms with van der Waals surface area (Å²) in [5, 5.41) is 4.48. The highest BCUT2D eigenvalue weighted by Crippen LogP contribution is 2.30. The van der Waals surface area contributed by atoms with Crippen molar-refractivity contribution in [2.24, 2.45) is 5.92 Å². The number of nitrogens with one attached hydrogen (secondary N) is 1. The first-order valence-electron chi connectivity index (χ1n) is 6.62. The van der Waals surface area contributed by atoms with Crippen molar-refractivity contribution in [2.75, 3.05) is 25.0 Å². The van der Waals surface area contributed by atoms with Gasteiger partial charge in [0.05, 0.1) is 0 Å². The Labute approximate surface area is 108 Å². The number of piperidine rings is 1. The lowest BCUT2D eigenvalue weighted by Gasteiger charge is -2.31. The molecule has 1 aromatic heterocycles. The van der Waals surface area contributed by atoms with E-state index in [-0.39, 0.29) is 0 Å². The number of hydrogen-bond donors (Lipinski definition) is 1. The van der Waals surface area contributed by atoms with E-state index in [1.54, 1.807) is 0 Å². The highest BCUT2D eigenvalue weighted by Gasteiger charge is 2.21. The third kappa shape index (κ3) is 2.99. The van der Waals surface area contributed by atoms with Gasteiger partial charge >= 0.3 is 0 Å². The van der Waals surface area contributed by atoms with Crippen LogP contribution in [0.15, 0.2) is 6.20 Å². The van der Waals surface area contributed by atoms with Crippen LogP contribution in [0.25, 0.3) is 0 Å². The summed E-state index contributed by atoms with van der Waals surface area (Å²) in [6.07, 6.45) is 6.02. The first-order valence-corrected chi connectivity index (χ1v) is 7.44. The van der Waals surface area contributed by atoms with Crippen molar-refractivity contribution in [2.45, 2.75) is 39.2 Å². The molecule has 2 unspecified atom stereocenters. The first kappa shape index (κ1) is 12.8. The summed E-state index contributed by atoms with van der Waals surface area (Å²) in [5.41, 5.74) is 0. The van der Waals surface area contributed by atoms with Crippen molar-refractivity contribution in [3.8, 4) is 0 Å². The lowest BCUT2D eigenvalue weighted by Crippen LogP contribution is -2.34. The van der Waals surface area contributed by atoms with Crippen LogP contribution in [0.2, 0.25) is 0 Å². The zero-order chi connectivity index (χ0) is 12.3. The molecule has 0 radical (unpaired) electrons. The quantitative estimate of drug-likeness (QED) is 0.894. The number of hydrogen-bond acceptors (Lipinski definition) is 4. The molecule has 0 amide bonds. The number of aromatic nitrogens is 1. The Kier molecular flexibility index (Phi) is 4.40. The average Bonchev–Trinajstić information content (AvgIpc) is 2.87. The van der Waals surface area contributed by atoms with Gasteiger partial charge in [0.1, 0.15) is 0 Å². The summed E-state index contributed by atoms with van der Waals surface area (Å²) >= 11 is 1.84. The SMILES string of the molecule is CCC1CCCN(c2ncc(C(C)NC)s2)C1. The van der Waals surface area contributed by atoms with E-state index in [1.165, 1.54) is 42.4 Å². The summed E-state index contributed by atoms with van der Waals surface area (Å²) in [6.45, 7) is 6.85. The van der Waals surface area contributed by atoms with E-state index >= 15 is 0 Å². The fourth-order valence-corrected chi connectivity index (χ4v) is 3.35. The Morgan fingerprint density at radius 3 is 3.18 bits per heavy atom. The van der Waals surface area contributed by atoms with Crippen molar-refractivity contribution in [1.29, 1.82) is 0 Å². The molecular weight excluding hydrogens is 230 g/mol. The summed E-state index contributed by atoms with van der Waals surface area (Å²) in [5.74, 6) is 0.859. The summed E-state index contributed by atoms with van der Waals surface area (Å²) < 4.78 is 0. The van der Waals surface area contributed by atoms with Crippen LogP contribution in [0.5, 0.6) is 0 Å². The Hall–Kier alpha value is -0.610. The van der Waals surface area contributed by atoms with Gasteiger partial charge in [-0.1, -0.05) is 13.3 Å². The van der Waals surface area contributed by atoms with Gasteiger partial charge in [-0.2, -0.15) is 0 Å². The molecule has 1 aliphatic heterocycles. The van der Waals surface area contributed by atoms with Crippen molar-refractivity contribution >= 4 is 16.5 Å². The van der Waals surface area contributed by atoms with Crippen LogP contribution in [0.4, 0.5) is 5.13 Å². The standard InChI is InChI=1S/C13H23N3S/c1-4-11-6-5-7-16(9-11)13-15-8-12(17-13)10(2)14-3/h8,10-11,14H,4-7,9H2,1-3H3. The highest BCUT2D eigenvalue weighted by atomic mass is 32.1. The molecule has 0 aliphatic carbocycles. The zero-order valence-corrected chi connectivity index (χ0v) is 11.9. The van der Waals surface area contributed by atoms with Crippen molar-refractivity contribution in [1.82, 2.24) is 10.3 Å². The maximum Gasteiger partial charge on any atom is 0.185 e. The third-order valence-corrected chi connectivity index (χ3v) is 4.98. The van der Waals surface area contributed by atoms with Crippen LogP contribution >= 0.6 is 11.3 Å². The monoisotopic (exact) mass is 253 g/mol. The van der Waals surface area contributed by atoms with Gasteiger partial charge in [0, 0.05) is 30.2 Å². The van der Waals surface area contributed by atoms with Gasteiger partial charge in [0.2, 0.25) is 0 Å². The molecular formula is C13H23N3S. The van der Waals surface area contributed by atoms with E-state index in [4.69, 9.17) is 0 Å². The fourth-order valence-electron chi connectivity index (χ4n) is 2.34. The zero-order valence-electron chi connectivity index (χ0n) is 11.1. The first-order chi connectivity index (χ1) is 8.24. The maximum absolute atomic E-state index is 4.58. The largest absolute Gasteiger partial charge is 0.348 e. The minimum Gasteiger partial charge on any atom is -0.348 e. The van der Waals surface area contributed by atoms with E-state index in [2.05, 4.69) is 29.0 Å². The molecule has 1 aliphatic rings. The molecule has 1 aromatic rings. The molecule has 4 heteroatoms. The molecule has 0 bridgehead atoms. The topological polar surface area (TPSA) is 28.2 Å². The molecule has 1 saturated heterocycles. The van der Waals surface area contributed by atoms with Crippen LogP contribution in [-0.4, -0.2) is 25.1 Å². The van der Waals surface area contributed by atoms with Crippen molar-refractivity contribution < 1.29 is 0 Å². The molecule has 96 valence electrons. The van der Waals surface area contributed by atoms with Gasteiger partial charge in [0.25, 0.3) is 0 Å². The minimum atomic E-state index is 0.410. The molecule has 0 saturated carbocycles. The third-order valence-electron chi connectivity index (χ3n) is 3.74. The van der Waals surface area contributed by atoms with Gasteiger partial charge in [0.15, 0.2) is 5.13 Å². The Balaban J connectivity index is 2.04. The molecule has 1 fully saturated rings. The molecule has 17 heavy (non-hydrogen) atoms. The van der Waals surface area contributed by atoms with Crippen LogP contribution < -0.4 is 10.2 Å². The normalized spacial score (nSPS) is 22.8.